The number of benzene rings is 1. The number of nitrogens with zero attached hydrogens (tertiary/aromatic N) is 1. The van der Waals surface area contributed by atoms with Gasteiger partial charge in [0.2, 0.25) is 23.6 Å². The first kappa shape index (κ1) is 33.6. The molecule has 40 heavy (non-hydrogen) atoms. The Morgan fingerprint density at radius 2 is 1.40 bits per heavy atom. The first-order chi connectivity index (χ1) is 18.8. The van der Waals surface area contributed by atoms with Crippen LogP contribution >= 0.6 is 0 Å². The molecule has 222 valence electrons. The van der Waals surface area contributed by atoms with E-state index in [1.54, 1.807) is 19.1 Å². The fourth-order valence-corrected chi connectivity index (χ4v) is 3.69. The number of primary amides is 1. The second-order valence-electron chi connectivity index (χ2n) is 9.25. The molecule has 0 fully saturated rings. The van der Waals surface area contributed by atoms with Gasteiger partial charge in [0.25, 0.3) is 0 Å². The number of nitrogens with one attached hydrogen (secondary N) is 3. The number of carbonyl (C=O) groups excluding carboxylic acids is 4. The maximum atomic E-state index is 13.2. The molecule has 4 amide bonds. The quantitative estimate of drug-likeness (QED) is 0.0533. The van der Waals surface area contributed by atoms with Crippen molar-refractivity contribution in [1.29, 1.82) is 0 Å². The van der Waals surface area contributed by atoms with Crippen LogP contribution in [0.5, 0.6) is 5.75 Å². The van der Waals surface area contributed by atoms with E-state index in [9.17, 15) is 29.1 Å². The van der Waals surface area contributed by atoms with E-state index in [1.807, 2.05) is 0 Å². The molecular formula is C25H40N8O7. The molecule has 0 bridgehead atoms. The highest BCUT2D eigenvalue weighted by molar-refractivity contribution is 5.95. The van der Waals surface area contributed by atoms with Gasteiger partial charge in [-0.25, -0.2) is 0 Å². The number of hydrogen-bond donors (Lipinski definition) is 9. The summed E-state index contributed by atoms with van der Waals surface area (Å²) in [5.74, 6) is -4.31. The van der Waals surface area contributed by atoms with Gasteiger partial charge in [-0.2, -0.15) is 0 Å². The van der Waals surface area contributed by atoms with Gasteiger partial charge in [0, 0.05) is 13.0 Å². The minimum absolute atomic E-state index is 0.0379. The summed E-state index contributed by atoms with van der Waals surface area (Å²) in [4.78, 5) is 65.5. The molecule has 0 unspecified atom stereocenters. The highest BCUT2D eigenvalue weighted by Gasteiger charge is 2.30. The SMILES string of the molecule is CCC[C@H](NC(=O)[C@H](CCCCN=C(N)N)NC(=O)[C@H](N)CC(=O)O)C(=O)N[C@@H](Cc1ccc(O)cc1)C(N)=O. The van der Waals surface area contributed by atoms with Crippen LogP contribution < -0.4 is 38.9 Å². The highest BCUT2D eigenvalue weighted by Crippen LogP contribution is 2.12. The van der Waals surface area contributed by atoms with E-state index in [4.69, 9.17) is 28.0 Å². The number of unbranched alkanes of at least 4 members (excludes halogenated alkanes) is 1. The first-order valence-electron chi connectivity index (χ1n) is 12.8. The van der Waals surface area contributed by atoms with E-state index < -0.39 is 60.2 Å². The molecule has 15 nitrogen and oxygen atoms in total. The molecular weight excluding hydrogens is 524 g/mol. The molecule has 0 aromatic heterocycles. The van der Waals surface area contributed by atoms with Gasteiger partial charge in [0.1, 0.15) is 23.9 Å². The Morgan fingerprint density at radius 1 is 0.850 bits per heavy atom. The number of nitrogens with two attached hydrogens (primary N) is 4. The number of carbonyl (C=O) groups is 5. The number of phenols is 1. The average Bonchev–Trinajstić information content (AvgIpc) is 2.87. The molecule has 0 spiro atoms. The predicted molar refractivity (Wildman–Crippen MR) is 146 cm³/mol. The number of aliphatic imine (C=N–C) groups is 1. The van der Waals surface area contributed by atoms with Gasteiger partial charge >= 0.3 is 5.97 Å². The van der Waals surface area contributed by atoms with Crippen LogP contribution in [0.25, 0.3) is 0 Å². The van der Waals surface area contributed by atoms with Gasteiger partial charge in [0.05, 0.1) is 12.5 Å². The van der Waals surface area contributed by atoms with Crippen LogP contribution in [-0.4, -0.2) is 76.5 Å². The molecule has 0 aliphatic carbocycles. The Labute approximate surface area is 232 Å². The van der Waals surface area contributed by atoms with E-state index in [2.05, 4.69) is 20.9 Å². The summed E-state index contributed by atoms with van der Waals surface area (Å²) in [6.45, 7) is 2.09. The van der Waals surface area contributed by atoms with Crippen molar-refractivity contribution in [2.45, 2.75) is 76.0 Å². The summed E-state index contributed by atoms with van der Waals surface area (Å²) in [5.41, 5.74) is 22.4. The number of carboxylic acids is 1. The normalized spacial score (nSPS) is 13.7. The summed E-state index contributed by atoms with van der Waals surface area (Å²) in [5, 5.41) is 26.0. The maximum absolute atomic E-state index is 13.2. The van der Waals surface area contributed by atoms with Crippen molar-refractivity contribution in [3.05, 3.63) is 29.8 Å². The summed E-state index contributed by atoms with van der Waals surface area (Å²) in [6, 6.07) is 1.35. The van der Waals surface area contributed by atoms with E-state index >= 15 is 0 Å². The summed E-state index contributed by atoms with van der Waals surface area (Å²) in [7, 11) is 0. The van der Waals surface area contributed by atoms with Gasteiger partial charge in [-0.15, -0.1) is 0 Å². The summed E-state index contributed by atoms with van der Waals surface area (Å²) >= 11 is 0. The number of aromatic hydroxyl groups is 1. The third kappa shape index (κ3) is 12.9. The lowest BCUT2D eigenvalue weighted by atomic mass is 10.0. The van der Waals surface area contributed by atoms with Gasteiger partial charge in [0.15, 0.2) is 5.96 Å². The minimum Gasteiger partial charge on any atom is -0.508 e. The van der Waals surface area contributed by atoms with Crippen molar-refractivity contribution in [2.75, 3.05) is 6.54 Å². The largest absolute Gasteiger partial charge is 0.508 e. The molecule has 0 aliphatic heterocycles. The van der Waals surface area contributed by atoms with Gasteiger partial charge in [-0.3, -0.25) is 29.0 Å². The van der Waals surface area contributed by atoms with Crippen molar-refractivity contribution >= 4 is 35.6 Å². The van der Waals surface area contributed by atoms with E-state index in [0.29, 0.717) is 31.4 Å². The lowest BCUT2D eigenvalue weighted by molar-refractivity contribution is -0.140. The Morgan fingerprint density at radius 3 is 1.93 bits per heavy atom. The Hall–Kier alpha value is -4.40. The molecule has 1 aromatic rings. The van der Waals surface area contributed by atoms with Crippen molar-refractivity contribution < 1.29 is 34.2 Å². The zero-order valence-corrected chi connectivity index (χ0v) is 22.5. The molecule has 0 heterocycles. The van der Waals surface area contributed by atoms with Crippen LogP contribution in [0.4, 0.5) is 0 Å². The lowest BCUT2D eigenvalue weighted by Crippen LogP contribution is -2.57. The molecule has 15 heteroatoms. The molecule has 0 saturated carbocycles. The number of rotatable bonds is 18. The van der Waals surface area contributed by atoms with Crippen molar-refractivity contribution in [1.82, 2.24) is 16.0 Å². The number of carboxylic acid groups (broad SMARTS) is 1. The van der Waals surface area contributed by atoms with E-state index in [-0.39, 0.29) is 31.0 Å². The fourth-order valence-electron chi connectivity index (χ4n) is 3.69. The van der Waals surface area contributed by atoms with Crippen LogP contribution in [-0.2, 0) is 30.4 Å². The zero-order valence-electron chi connectivity index (χ0n) is 22.5. The second-order valence-corrected chi connectivity index (χ2v) is 9.25. The monoisotopic (exact) mass is 564 g/mol. The van der Waals surface area contributed by atoms with Gasteiger partial charge < -0.3 is 49.1 Å². The summed E-state index contributed by atoms with van der Waals surface area (Å²) in [6.07, 6.45) is 1.15. The van der Waals surface area contributed by atoms with Crippen molar-refractivity contribution in [3.8, 4) is 5.75 Å². The zero-order chi connectivity index (χ0) is 30.2. The number of guanidine groups is 1. The lowest BCUT2D eigenvalue weighted by Gasteiger charge is -2.25. The number of hydrogen-bond acceptors (Lipinski definition) is 8. The maximum Gasteiger partial charge on any atom is 0.305 e. The molecule has 0 radical (unpaired) electrons. The molecule has 1 rings (SSSR count). The second kappa shape index (κ2) is 17.2. The number of aliphatic carboxylic acids is 1. The minimum atomic E-state index is -1.39. The standard InChI is InChI=1S/C25H40N8O7/c1-2-5-17(23(39)33-19(21(27)37)12-14-7-9-15(34)10-8-14)32-24(40)18(6-3-4-11-30-25(28)29)31-22(38)16(26)13-20(35)36/h7-10,16-19,34H,2-6,11-13,26H2,1H3,(H2,27,37)(H,31,38)(H,32,40)(H,33,39)(H,35,36)(H4,28,29,30)/t16-,17+,18+,19+/m1/s1. The van der Waals surface area contributed by atoms with Crippen LogP contribution in [0.3, 0.4) is 0 Å². The number of amides is 4. The third-order valence-electron chi connectivity index (χ3n) is 5.81. The smallest absolute Gasteiger partial charge is 0.305 e. The molecule has 4 atom stereocenters. The van der Waals surface area contributed by atoms with Crippen molar-refractivity contribution in [2.24, 2.45) is 27.9 Å². The summed E-state index contributed by atoms with van der Waals surface area (Å²) < 4.78 is 0. The predicted octanol–water partition coefficient (Wildman–Crippen LogP) is -2.08. The van der Waals surface area contributed by atoms with E-state index in [1.165, 1.54) is 12.1 Å². The van der Waals surface area contributed by atoms with Crippen LogP contribution in [0.2, 0.25) is 0 Å². The highest BCUT2D eigenvalue weighted by atomic mass is 16.4. The molecule has 0 aliphatic rings. The fraction of sp³-hybridized carbons (Fsp3) is 0.520. The van der Waals surface area contributed by atoms with Crippen LogP contribution in [0, 0.1) is 0 Å². The first-order valence-corrected chi connectivity index (χ1v) is 12.8. The van der Waals surface area contributed by atoms with Crippen LogP contribution in [0.1, 0.15) is 51.0 Å². The van der Waals surface area contributed by atoms with Crippen LogP contribution in [0.15, 0.2) is 29.3 Å². The van der Waals surface area contributed by atoms with Gasteiger partial charge in [-0.05, 0) is 43.4 Å². The Kier molecular flexibility index (Phi) is 14.5. The Balaban J connectivity index is 2.98. The average molecular weight is 565 g/mol. The number of phenolic OH excluding ortho intramolecular Hbond substituents is 1. The topological polar surface area (TPSA) is 278 Å². The molecule has 1 aromatic carbocycles. The van der Waals surface area contributed by atoms with E-state index in [0.717, 1.165) is 0 Å². The molecule has 13 N–H and O–H groups in total. The third-order valence-corrected chi connectivity index (χ3v) is 5.81. The molecule has 0 saturated heterocycles. The van der Waals surface area contributed by atoms with Crippen molar-refractivity contribution in [3.63, 3.8) is 0 Å². The Bertz CT molecular complexity index is 1040. The van der Waals surface area contributed by atoms with Gasteiger partial charge in [-0.1, -0.05) is 25.5 Å².